The zero-order chi connectivity index (χ0) is 16.6. The Bertz CT molecular complexity index is 809. The number of aliphatic hydroxyl groups is 1. The van der Waals surface area contributed by atoms with Gasteiger partial charge < -0.3 is 19.7 Å². The molecule has 0 unspecified atom stereocenters. The standard InChI is InChI=1S/C15H18N4O4/c1-2-18-8-11(14(22)23)12(21)10-7-16-15(17-13(10)18)19-5-3-9(20)4-6-19/h7-9,20H,2-6H2,1H3,(H,22,23). The van der Waals surface area contributed by atoms with Crippen molar-refractivity contribution >= 4 is 23.0 Å². The summed E-state index contributed by atoms with van der Waals surface area (Å²) in [4.78, 5) is 34.1. The van der Waals surface area contributed by atoms with Gasteiger partial charge in [-0.2, -0.15) is 4.98 Å². The maximum Gasteiger partial charge on any atom is 0.341 e. The number of aromatic nitrogens is 3. The van der Waals surface area contributed by atoms with Gasteiger partial charge in [0, 0.05) is 32.0 Å². The van der Waals surface area contributed by atoms with Crippen LogP contribution in [-0.2, 0) is 6.54 Å². The van der Waals surface area contributed by atoms with E-state index in [1.54, 1.807) is 4.57 Å². The minimum Gasteiger partial charge on any atom is -0.477 e. The van der Waals surface area contributed by atoms with Crippen molar-refractivity contribution < 1.29 is 15.0 Å². The minimum atomic E-state index is -1.26. The highest BCUT2D eigenvalue weighted by molar-refractivity contribution is 5.91. The van der Waals surface area contributed by atoms with Gasteiger partial charge in [0.2, 0.25) is 11.4 Å². The summed E-state index contributed by atoms with van der Waals surface area (Å²) in [6.45, 7) is 3.65. The Hall–Kier alpha value is -2.48. The van der Waals surface area contributed by atoms with Gasteiger partial charge in [-0.05, 0) is 19.8 Å². The van der Waals surface area contributed by atoms with Crippen molar-refractivity contribution in [2.45, 2.75) is 32.4 Å². The zero-order valence-corrected chi connectivity index (χ0v) is 12.8. The van der Waals surface area contributed by atoms with Gasteiger partial charge in [-0.15, -0.1) is 0 Å². The fraction of sp³-hybridized carbons (Fsp3) is 0.467. The molecule has 0 radical (unpaired) electrons. The Morgan fingerprint density at radius 2 is 2.09 bits per heavy atom. The highest BCUT2D eigenvalue weighted by Gasteiger charge is 2.21. The molecule has 0 amide bonds. The number of nitrogens with zero attached hydrogens (tertiary/aromatic N) is 4. The molecule has 0 saturated carbocycles. The molecule has 3 heterocycles. The Morgan fingerprint density at radius 3 is 2.70 bits per heavy atom. The maximum absolute atomic E-state index is 12.2. The van der Waals surface area contributed by atoms with Crippen LogP contribution >= 0.6 is 0 Å². The van der Waals surface area contributed by atoms with E-state index in [4.69, 9.17) is 5.11 Å². The average molecular weight is 318 g/mol. The number of hydrogen-bond acceptors (Lipinski definition) is 6. The lowest BCUT2D eigenvalue weighted by molar-refractivity contribution is 0.0695. The summed E-state index contributed by atoms with van der Waals surface area (Å²) in [6, 6.07) is 0. The van der Waals surface area contributed by atoms with E-state index in [0.717, 1.165) is 0 Å². The molecule has 0 bridgehead atoms. The zero-order valence-electron chi connectivity index (χ0n) is 12.8. The summed E-state index contributed by atoms with van der Waals surface area (Å²) >= 11 is 0. The molecule has 3 rings (SSSR count). The Morgan fingerprint density at radius 1 is 1.39 bits per heavy atom. The number of rotatable bonds is 3. The molecule has 1 aliphatic rings. The normalized spacial score (nSPS) is 16.0. The first-order chi connectivity index (χ1) is 11.0. The molecule has 0 aromatic carbocycles. The molecular weight excluding hydrogens is 300 g/mol. The maximum atomic E-state index is 12.2. The first-order valence-electron chi connectivity index (χ1n) is 7.57. The number of hydrogen-bond donors (Lipinski definition) is 2. The lowest BCUT2D eigenvalue weighted by Gasteiger charge is -2.29. The van der Waals surface area contributed by atoms with E-state index in [-0.39, 0.29) is 17.1 Å². The smallest absolute Gasteiger partial charge is 0.341 e. The Labute approximate surface area is 132 Å². The summed E-state index contributed by atoms with van der Waals surface area (Å²) in [5, 5.41) is 18.9. The van der Waals surface area contributed by atoms with Crippen molar-refractivity contribution in [2.75, 3.05) is 18.0 Å². The number of anilines is 1. The quantitative estimate of drug-likeness (QED) is 0.846. The largest absolute Gasteiger partial charge is 0.477 e. The van der Waals surface area contributed by atoms with E-state index in [9.17, 15) is 14.7 Å². The number of carboxylic acids is 1. The van der Waals surface area contributed by atoms with Gasteiger partial charge in [0.05, 0.1) is 11.5 Å². The van der Waals surface area contributed by atoms with Gasteiger partial charge in [-0.3, -0.25) is 4.79 Å². The van der Waals surface area contributed by atoms with Crippen LogP contribution in [0.1, 0.15) is 30.1 Å². The number of carboxylic acid groups (broad SMARTS) is 1. The molecule has 8 nitrogen and oxygen atoms in total. The average Bonchev–Trinajstić information content (AvgIpc) is 2.55. The molecule has 0 atom stereocenters. The fourth-order valence-corrected chi connectivity index (χ4v) is 2.78. The predicted molar refractivity (Wildman–Crippen MR) is 83.9 cm³/mol. The van der Waals surface area contributed by atoms with Crippen LogP contribution in [0.15, 0.2) is 17.2 Å². The van der Waals surface area contributed by atoms with Gasteiger partial charge in [-0.25, -0.2) is 9.78 Å². The third-order valence-corrected chi connectivity index (χ3v) is 4.12. The third kappa shape index (κ3) is 2.77. The molecule has 122 valence electrons. The van der Waals surface area contributed by atoms with Gasteiger partial charge in [0.25, 0.3) is 0 Å². The molecule has 2 aromatic rings. The second-order valence-corrected chi connectivity index (χ2v) is 5.59. The minimum absolute atomic E-state index is 0.201. The highest BCUT2D eigenvalue weighted by Crippen LogP contribution is 2.18. The second kappa shape index (κ2) is 5.96. The van der Waals surface area contributed by atoms with Crippen molar-refractivity contribution in [3.63, 3.8) is 0 Å². The molecule has 0 aliphatic carbocycles. The van der Waals surface area contributed by atoms with E-state index in [2.05, 4.69) is 9.97 Å². The van der Waals surface area contributed by atoms with Crippen LogP contribution in [-0.4, -0.2) is 49.9 Å². The van der Waals surface area contributed by atoms with Crippen LogP contribution in [0.2, 0.25) is 0 Å². The van der Waals surface area contributed by atoms with Gasteiger partial charge in [-0.1, -0.05) is 0 Å². The van der Waals surface area contributed by atoms with Crippen molar-refractivity contribution in [1.29, 1.82) is 0 Å². The van der Waals surface area contributed by atoms with Crippen molar-refractivity contribution in [3.8, 4) is 0 Å². The lowest BCUT2D eigenvalue weighted by Crippen LogP contribution is -2.37. The molecular formula is C15H18N4O4. The molecule has 1 fully saturated rings. The third-order valence-electron chi connectivity index (χ3n) is 4.12. The number of aromatic carboxylic acids is 1. The molecule has 23 heavy (non-hydrogen) atoms. The number of pyridine rings is 1. The molecule has 1 saturated heterocycles. The first-order valence-corrected chi connectivity index (χ1v) is 7.57. The second-order valence-electron chi connectivity index (χ2n) is 5.59. The molecule has 0 spiro atoms. The predicted octanol–water partition coefficient (Wildman–Crippen LogP) is 0.471. The van der Waals surface area contributed by atoms with Crippen LogP contribution in [0.5, 0.6) is 0 Å². The number of aliphatic hydroxyl groups excluding tert-OH is 1. The van der Waals surface area contributed by atoms with Crippen LogP contribution in [0.25, 0.3) is 11.0 Å². The van der Waals surface area contributed by atoms with Crippen LogP contribution < -0.4 is 10.3 Å². The number of piperidine rings is 1. The lowest BCUT2D eigenvalue weighted by atomic mass is 10.1. The summed E-state index contributed by atoms with van der Waals surface area (Å²) in [6.07, 6.45) is 3.73. The molecule has 1 aliphatic heterocycles. The van der Waals surface area contributed by atoms with Crippen molar-refractivity contribution in [3.05, 3.63) is 28.2 Å². The van der Waals surface area contributed by atoms with E-state index in [0.29, 0.717) is 44.1 Å². The first kappa shape index (κ1) is 15.4. The van der Waals surface area contributed by atoms with E-state index < -0.39 is 11.4 Å². The van der Waals surface area contributed by atoms with Gasteiger partial charge in [0.1, 0.15) is 11.2 Å². The van der Waals surface area contributed by atoms with E-state index in [1.165, 1.54) is 12.4 Å². The van der Waals surface area contributed by atoms with Crippen LogP contribution in [0.3, 0.4) is 0 Å². The number of fused-ring (bicyclic) bond motifs is 1. The monoisotopic (exact) mass is 318 g/mol. The van der Waals surface area contributed by atoms with E-state index >= 15 is 0 Å². The van der Waals surface area contributed by atoms with Gasteiger partial charge in [0.15, 0.2) is 0 Å². The Balaban J connectivity index is 2.11. The van der Waals surface area contributed by atoms with Crippen LogP contribution in [0, 0.1) is 0 Å². The van der Waals surface area contributed by atoms with E-state index in [1.807, 2.05) is 11.8 Å². The molecule has 8 heteroatoms. The van der Waals surface area contributed by atoms with Crippen LogP contribution in [0.4, 0.5) is 5.95 Å². The SMILES string of the molecule is CCn1cc(C(=O)O)c(=O)c2cnc(N3CCC(O)CC3)nc21. The molecule has 2 N–H and O–H groups in total. The summed E-state index contributed by atoms with van der Waals surface area (Å²) in [7, 11) is 0. The van der Waals surface area contributed by atoms with Gasteiger partial charge >= 0.3 is 5.97 Å². The fourth-order valence-electron chi connectivity index (χ4n) is 2.78. The van der Waals surface area contributed by atoms with Crippen molar-refractivity contribution in [2.24, 2.45) is 0 Å². The number of carbonyl (C=O) groups is 1. The number of aryl methyl sites for hydroxylation is 1. The Kier molecular flexibility index (Phi) is 3.99. The highest BCUT2D eigenvalue weighted by atomic mass is 16.4. The summed E-state index contributed by atoms with van der Waals surface area (Å²) < 4.78 is 1.64. The molecule has 2 aromatic heterocycles. The summed E-state index contributed by atoms with van der Waals surface area (Å²) in [5.74, 6) is -0.762. The summed E-state index contributed by atoms with van der Waals surface area (Å²) in [5.41, 5.74) is -0.423. The topological polar surface area (TPSA) is 109 Å². The van der Waals surface area contributed by atoms with Crippen molar-refractivity contribution in [1.82, 2.24) is 14.5 Å².